The van der Waals surface area contributed by atoms with Gasteiger partial charge in [-0.2, -0.15) is 0 Å². The summed E-state index contributed by atoms with van der Waals surface area (Å²) < 4.78 is 4.96. The molecule has 19 heavy (non-hydrogen) atoms. The summed E-state index contributed by atoms with van der Waals surface area (Å²) in [6, 6.07) is 2.53. The third kappa shape index (κ3) is 2.93. The first kappa shape index (κ1) is 13.1. The molecule has 0 saturated carbocycles. The van der Waals surface area contributed by atoms with E-state index in [0.717, 1.165) is 0 Å². The van der Waals surface area contributed by atoms with Crippen molar-refractivity contribution in [2.45, 2.75) is 19.4 Å². The highest BCUT2D eigenvalue weighted by atomic mass is 16.4. The average Bonchev–Trinajstić information content (AvgIpc) is 2.95. The fourth-order valence-corrected chi connectivity index (χ4v) is 2.07. The van der Waals surface area contributed by atoms with Gasteiger partial charge in [-0.15, -0.1) is 0 Å². The summed E-state index contributed by atoms with van der Waals surface area (Å²) in [5.74, 6) is -1.97. The number of furan rings is 1. The van der Waals surface area contributed by atoms with Gasteiger partial charge in [-0.25, -0.2) is 4.79 Å². The van der Waals surface area contributed by atoms with E-state index in [0.29, 0.717) is 19.5 Å². The molecule has 1 fully saturated rings. The highest BCUT2D eigenvalue weighted by molar-refractivity contribution is 5.93. The van der Waals surface area contributed by atoms with Gasteiger partial charge in [0.1, 0.15) is 0 Å². The van der Waals surface area contributed by atoms with Crippen molar-refractivity contribution in [2.75, 3.05) is 13.1 Å². The maximum atomic E-state index is 12.0. The van der Waals surface area contributed by atoms with Crippen molar-refractivity contribution in [3.05, 3.63) is 23.7 Å². The van der Waals surface area contributed by atoms with Crippen LogP contribution in [0.2, 0.25) is 0 Å². The van der Waals surface area contributed by atoms with Gasteiger partial charge in [0.15, 0.2) is 5.76 Å². The van der Waals surface area contributed by atoms with Gasteiger partial charge < -0.3 is 19.7 Å². The molecule has 7 heteroatoms. The fourth-order valence-electron chi connectivity index (χ4n) is 2.07. The quantitative estimate of drug-likeness (QED) is 0.821. The standard InChI is InChI=1S/C12H14N2O5/c1-7(15)13-8-4-5-14(6-8)11(16)9-2-3-10(19-9)12(17)18/h2-3,8H,4-6H2,1H3,(H,13,15)(H,17,18). The van der Waals surface area contributed by atoms with E-state index < -0.39 is 5.97 Å². The Bertz CT molecular complexity index is 522. The SMILES string of the molecule is CC(=O)NC1CCN(C(=O)c2ccc(C(=O)O)o2)C1. The van der Waals surface area contributed by atoms with Crippen molar-refractivity contribution >= 4 is 17.8 Å². The third-order valence-corrected chi connectivity index (χ3v) is 2.91. The molecule has 1 aliphatic heterocycles. The van der Waals surface area contributed by atoms with Crippen LogP contribution in [0, 0.1) is 0 Å². The Morgan fingerprint density at radius 3 is 2.63 bits per heavy atom. The number of likely N-dealkylation sites (tertiary alicyclic amines) is 1. The van der Waals surface area contributed by atoms with E-state index in [1.165, 1.54) is 24.0 Å². The summed E-state index contributed by atoms with van der Waals surface area (Å²) in [7, 11) is 0. The number of carboxylic acids is 1. The lowest BCUT2D eigenvalue weighted by Gasteiger charge is -2.15. The zero-order valence-electron chi connectivity index (χ0n) is 10.4. The average molecular weight is 266 g/mol. The van der Waals surface area contributed by atoms with E-state index in [9.17, 15) is 14.4 Å². The maximum absolute atomic E-state index is 12.0. The van der Waals surface area contributed by atoms with Crippen molar-refractivity contribution in [1.82, 2.24) is 10.2 Å². The van der Waals surface area contributed by atoms with Gasteiger partial charge in [-0.05, 0) is 18.6 Å². The number of hydrogen-bond acceptors (Lipinski definition) is 4. The van der Waals surface area contributed by atoms with Crippen LogP contribution >= 0.6 is 0 Å². The summed E-state index contributed by atoms with van der Waals surface area (Å²) >= 11 is 0. The van der Waals surface area contributed by atoms with Crippen LogP contribution in [0.1, 0.15) is 34.5 Å². The molecule has 2 N–H and O–H groups in total. The van der Waals surface area contributed by atoms with Gasteiger partial charge in [0, 0.05) is 26.1 Å². The molecule has 0 aromatic carbocycles. The monoisotopic (exact) mass is 266 g/mol. The lowest BCUT2D eigenvalue weighted by Crippen LogP contribution is -2.37. The molecule has 1 aromatic heterocycles. The van der Waals surface area contributed by atoms with E-state index in [1.54, 1.807) is 0 Å². The second-order valence-corrected chi connectivity index (χ2v) is 4.41. The van der Waals surface area contributed by atoms with Gasteiger partial charge in [-0.3, -0.25) is 9.59 Å². The van der Waals surface area contributed by atoms with Crippen LogP contribution < -0.4 is 5.32 Å². The number of carbonyl (C=O) groups is 3. The first-order valence-corrected chi connectivity index (χ1v) is 5.87. The molecule has 1 atom stereocenters. The van der Waals surface area contributed by atoms with E-state index in [2.05, 4.69) is 5.32 Å². The lowest BCUT2D eigenvalue weighted by atomic mass is 10.2. The number of amides is 2. The van der Waals surface area contributed by atoms with E-state index in [4.69, 9.17) is 9.52 Å². The normalized spacial score (nSPS) is 18.4. The van der Waals surface area contributed by atoms with E-state index in [-0.39, 0.29) is 29.4 Å². The Morgan fingerprint density at radius 1 is 1.37 bits per heavy atom. The molecule has 2 rings (SSSR count). The van der Waals surface area contributed by atoms with Crippen LogP contribution in [-0.2, 0) is 4.79 Å². The van der Waals surface area contributed by atoms with Crippen LogP contribution in [0.5, 0.6) is 0 Å². The Kier molecular flexibility index (Phi) is 3.55. The molecule has 2 heterocycles. The minimum atomic E-state index is -1.21. The minimum absolute atomic E-state index is 0.000810. The van der Waals surface area contributed by atoms with Crippen LogP contribution in [0.25, 0.3) is 0 Å². The molecule has 102 valence electrons. The number of carbonyl (C=O) groups excluding carboxylic acids is 2. The van der Waals surface area contributed by atoms with Crippen LogP contribution in [0.3, 0.4) is 0 Å². The smallest absolute Gasteiger partial charge is 0.371 e. The largest absolute Gasteiger partial charge is 0.475 e. The lowest BCUT2D eigenvalue weighted by molar-refractivity contribution is -0.119. The number of hydrogen-bond donors (Lipinski definition) is 2. The van der Waals surface area contributed by atoms with Gasteiger partial charge >= 0.3 is 5.97 Å². The Labute approximate surface area is 109 Å². The Balaban J connectivity index is 2.00. The molecule has 2 amide bonds. The van der Waals surface area contributed by atoms with Crippen molar-refractivity contribution in [3.63, 3.8) is 0 Å². The molecular weight excluding hydrogens is 252 g/mol. The first-order valence-electron chi connectivity index (χ1n) is 5.87. The molecule has 1 aromatic rings. The zero-order chi connectivity index (χ0) is 14.0. The van der Waals surface area contributed by atoms with Crippen molar-refractivity contribution in [3.8, 4) is 0 Å². The van der Waals surface area contributed by atoms with Gasteiger partial charge in [-0.1, -0.05) is 0 Å². The van der Waals surface area contributed by atoms with Crippen molar-refractivity contribution in [1.29, 1.82) is 0 Å². The molecule has 1 aliphatic rings. The predicted molar refractivity (Wildman–Crippen MR) is 63.8 cm³/mol. The Hall–Kier alpha value is -2.31. The fraction of sp³-hybridized carbons (Fsp3) is 0.417. The first-order chi connectivity index (χ1) is 8.97. The minimum Gasteiger partial charge on any atom is -0.475 e. The van der Waals surface area contributed by atoms with Crippen LogP contribution in [0.15, 0.2) is 16.5 Å². The molecule has 0 aliphatic carbocycles. The topological polar surface area (TPSA) is 99.9 Å². The molecular formula is C12H14N2O5. The molecule has 7 nitrogen and oxygen atoms in total. The molecule has 1 saturated heterocycles. The van der Waals surface area contributed by atoms with Gasteiger partial charge in [0.2, 0.25) is 11.7 Å². The highest BCUT2D eigenvalue weighted by Crippen LogP contribution is 2.16. The van der Waals surface area contributed by atoms with Crippen LogP contribution in [-0.4, -0.2) is 46.9 Å². The van der Waals surface area contributed by atoms with Crippen LogP contribution in [0.4, 0.5) is 0 Å². The predicted octanol–water partition coefficient (Wildman–Crippen LogP) is 0.328. The highest BCUT2D eigenvalue weighted by Gasteiger charge is 2.29. The summed E-state index contributed by atoms with van der Waals surface area (Å²) in [5, 5.41) is 11.5. The third-order valence-electron chi connectivity index (χ3n) is 2.91. The van der Waals surface area contributed by atoms with E-state index in [1.807, 2.05) is 0 Å². The Morgan fingerprint density at radius 2 is 2.05 bits per heavy atom. The zero-order valence-corrected chi connectivity index (χ0v) is 10.4. The number of rotatable bonds is 3. The second kappa shape index (κ2) is 5.13. The summed E-state index contributed by atoms with van der Waals surface area (Å²) in [6.45, 7) is 2.34. The van der Waals surface area contributed by atoms with Gasteiger partial charge in [0.05, 0.1) is 0 Å². The van der Waals surface area contributed by atoms with Crippen molar-refractivity contribution < 1.29 is 23.9 Å². The summed E-state index contributed by atoms with van der Waals surface area (Å²) in [5.41, 5.74) is 0. The molecule has 0 spiro atoms. The number of aromatic carboxylic acids is 1. The molecule has 0 bridgehead atoms. The molecule has 0 radical (unpaired) electrons. The number of carboxylic acid groups (broad SMARTS) is 1. The summed E-state index contributed by atoms with van der Waals surface area (Å²) in [6.07, 6.45) is 0.678. The van der Waals surface area contributed by atoms with Gasteiger partial charge in [0.25, 0.3) is 5.91 Å². The van der Waals surface area contributed by atoms with E-state index >= 15 is 0 Å². The maximum Gasteiger partial charge on any atom is 0.371 e. The number of nitrogens with zero attached hydrogens (tertiary/aromatic N) is 1. The second-order valence-electron chi connectivity index (χ2n) is 4.41. The summed E-state index contributed by atoms with van der Waals surface area (Å²) in [4.78, 5) is 35.2. The number of nitrogens with one attached hydrogen (secondary N) is 1. The van der Waals surface area contributed by atoms with Crippen molar-refractivity contribution in [2.24, 2.45) is 0 Å². The molecule has 1 unspecified atom stereocenters.